The molecule has 0 unspecified atom stereocenters. The van der Waals surface area contributed by atoms with Crippen molar-refractivity contribution in [3.8, 4) is 0 Å². The Labute approximate surface area is 152 Å². The molecule has 1 saturated heterocycles. The first kappa shape index (κ1) is 19.2. The van der Waals surface area contributed by atoms with Gasteiger partial charge in [0.15, 0.2) is 6.61 Å². The van der Waals surface area contributed by atoms with E-state index in [1.165, 1.54) is 6.92 Å². The topological polar surface area (TPSA) is 75.7 Å². The number of hydrogen-bond acceptors (Lipinski definition) is 4. The lowest BCUT2D eigenvalue weighted by atomic mass is 10.0. The minimum absolute atomic E-state index is 0.164. The van der Waals surface area contributed by atoms with Crippen molar-refractivity contribution >= 4 is 29.4 Å². The smallest absolute Gasteiger partial charge is 0.328 e. The second-order valence-electron chi connectivity index (χ2n) is 6.21. The monoisotopic (exact) mass is 366 g/mol. The van der Waals surface area contributed by atoms with Crippen LogP contribution in [0.15, 0.2) is 24.3 Å². The molecule has 25 heavy (non-hydrogen) atoms. The minimum Gasteiger partial charge on any atom is -0.454 e. The van der Waals surface area contributed by atoms with Gasteiger partial charge in [0.1, 0.15) is 6.04 Å². The number of nitrogens with zero attached hydrogens (tertiary/aromatic N) is 1. The van der Waals surface area contributed by atoms with Gasteiger partial charge >= 0.3 is 5.97 Å². The molecule has 0 radical (unpaired) electrons. The molecule has 2 atom stereocenters. The summed E-state index contributed by atoms with van der Waals surface area (Å²) in [4.78, 5) is 38.1. The van der Waals surface area contributed by atoms with Crippen LogP contribution < -0.4 is 5.32 Å². The summed E-state index contributed by atoms with van der Waals surface area (Å²) in [7, 11) is 0. The van der Waals surface area contributed by atoms with Crippen molar-refractivity contribution in [3.63, 3.8) is 0 Å². The molecule has 0 spiro atoms. The Morgan fingerprint density at radius 3 is 2.72 bits per heavy atom. The predicted octanol–water partition coefficient (Wildman–Crippen LogP) is 2.40. The lowest BCUT2D eigenvalue weighted by molar-refractivity contribution is -0.154. The van der Waals surface area contributed by atoms with Gasteiger partial charge < -0.3 is 15.0 Å². The Bertz CT molecular complexity index is 650. The molecule has 6 nitrogen and oxygen atoms in total. The zero-order valence-corrected chi connectivity index (χ0v) is 15.2. The average Bonchev–Trinajstić information content (AvgIpc) is 2.60. The minimum atomic E-state index is -0.879. The highest BCUT2D eigenvalue weighted by Crippen LogP contribution is 2.17. The fourth-order valence-electron chi connectivity index (χ4n) is 2.79. The van der Waals surface area contributed by atoms with Crippen LogP contribution in [0.5, 0.6) is 0 Å². The van der Waals surface area contributed by atoms with E-state index < -0.39 is 17.9 Å². The van der Waals surface area contributed by atoms with E-state index in [-0.39, 0.29) is 24.1 Å². The van der Waals surface area contributed by atoms with Crippen LogP contribution >= 0.6 is 11.6 Å². The van der Waals surface area contributed by atoms with Crippen LogP contribution in [0.25, 0.3) is 0 Å². The molecule has 136 valence electrons. The third-order valence-electron chi connectivity index (χ3n) is 4.28. The van der Waals surface area contributed by atoms with Gasteiger partial charge in [-0.1, -0.05) is 23.7 Å². The van der Waals surface area contributed by atoms with E-state index in [0.717, 1.165) is 19.3 Å². The maximum Gasteiger partial charge on any atom is 0.328 e. The van der Waals surface area contributed by atoms with Crippen LogP contribution in [0.3, 0.4) is 0 Å². The number of amides is 2. The van der Waals surface area contributed by atoms with Crippen molar-refractivity contribution in [3.05, 3.63) is 34.9 Å². The third-order valence-corrected chi connectivity index (χ3v) is 4.61. The zero-order valence-electron chi connectivity index (χ0n) is 14.5. The van der Waals surface area contributed by atoms with Crippen molar-refractivity contribution in [1.29, 1.82) is 0 Å². The number of likely N-dealkylation sites (tertiary alicyclic amines) is 1. The molecule has 7 heteroatoms. The average molecular weight is 367 g/mol. The highest BCUT2D eigenvalue weighted by Gasteiger charge is 2.25. The summed E-state index contributed by atoms with van der Waals surface area (Å²) in [5.74, 6) is -1.32. The molecule has 0 aliphatic carbocycles. The molecule has 2 rings (SSSR count). The van der Waals surface area contributed by atoms with Gasteiger partial charge in [0.25, 0.3) is 11.8 Å². The Kier molecular flexibility index (Phi) is 6.82. The predicted molar refractivity (Wildman–Crippen MR) is 94.4 cm³/mol. The van der Waals surface area contributed by atoms with Crippen molar-refractivity contribution in [2.45, 2.75) is 45.2 Å². The first-order chi connectivity index (χ1) is 11.9. The Balaban J connectivity index is 1.83. The maximum atomic E-state index is 12.2. The molecule has 0 aromatic heterocycles. The van der Waals surface area contributed by atoms with Crippen LogP contribution in [-0.4, -0.2) is 47.9 Å². The second kappa shape index (κ2) is 8.85. The van der Waals surface area contributed by atoms with Crippen molar-refractivity contribution < 1.29 is 19.1 Å². The van der Waals surface area contributed by atoms with E-state index in [0.29, 0.717) is 11.6 Å². The van der Waals surface area contributed by atoms with E-state index in [4.69, 9.17) is 16.3 Å². The summed E-state index contributed by atoms with van der Waals surface area (Å²) < 4.78 is 5.06. The number of halogens is 1. The number of hydrogen-bond donors (Lipinski definition) is 1. The van der Waals surface area contributed by atoms with Gasteiger partial charge in [-0.25, -0.2) is 4.79 Å². The highest BCUT2D eigenvalue weighted by atomic mass is 35.5. The number of benzene rings is 1. The summed E-state index contributed by atoms with van der Waals surface area (Å²) in [5.41, 5.74) is 0.280. The second-order valence-corrected chi connectivity index (χ2v) is 6.62. The fraction of sp³-hybridized carbons (Fsp3) is 0.500. The van der Waals surface area contributed by atoms with Crippen LogP contribution in [0, 0.1) is 0 Å². The van der Waals surface area contributed by atoms with Crippen molar-refractivity contribution in [2.75, 3.05) is 13.2 Å². The molecular formula is C18H23ClN2O4. The Hall–Kier alpha value is -2.08. The van der Waals surface area contributed by atoms with E-state index in [1.807, 2.05) is 6.92 Å². The molecule has 2 amide bonds. The van der Waals surface area contributed by atoms with Gasteiger partial charge in [-0.15, -0.1) is 0 Å². The summed E-state index contributed by atoms with van der Waals surface area (Å²) in [6.45, 7) is 3.88. The Morgan fingerprint density at radius 2 is 2.04 bits per heavy atom. The molecule has 0 saturated carbocycles. The molecule has 1 aliphatic heterocycles. The van der Waals surface area contributed by atoms with Gasteiger partial charge in [0.2, 0.25) is 0 Å². The standard InChI is InChI=1S/C18H23ClN2O4/c1-12-7-5-6-10-21(12)16(22)11-25-18(24)13(2)20-17(23)14-8-3-4-9-15(14)19/h3-4,8-9,12-13H,5-7,10-11H2,1-2H3,(H,20,23)/t12-,13-/m0/s1. The van der Waals surface area contributed by atoms with Gasteiger partial charge in [-0.05, 0) is 45.2 Å². The van der Waals surface area contributed by atoms with Crippen LogP contribution in [-0.2, 0) is 14.3 Å². The van der Waals surface area contributed by atoms with Crippen molar-refractivity contribution in [2.24, 2.45) is 0 Å². The quantitative estimate of drug-likeness (QED) is 0.812. The van der Waals surface area contributed by atoms with Gasteiger partial charge in [-0.2, -0.15) is 0 Å². The van der Waals surface area contributed by atoms with Gasteiger partial charge in [0.05, 0.1) is 10.6 Å². The summed E-state index contributed by atoms with van der Waals surface area (Å²) in [6.07, 6.45) is 3.04. The summed E-state index contributed by atoms with van der Waals surface area (Å²) in [6, 6.07) is 5.84. The van der Waals surface area contributed by atoms with Gasteiger partial charge in [0, 0.05) is 12.6 Å². The molecule has 1 N–H and O–H groups in total. The number of carbonyl (C=O) groups is 3. The van der Waals surface area contributed by atoms with Crippen molar-refractivity contribution in [1.82, 2.24) is 10.2 Å². The normalized spacial score (nSPS) is 18.4. The van der Waals surface area contributed by atoms with Crippen LogP contribution in [0.1, 0.15) is 43.5 Å². The number of ether oxygens (including phenoxy) is 1. The number of nitrogens with one attached hydrogen (secondary N) is 1. The van der Waals surface area contributed by atoms with E-state index in [1.54, 1.807) is 29.2 Å². The molecule has 1 aromatic rings. The molecule has 1 aromatic carbocycles. The maximum absolute atomic E-state index is 12.2. The lowest BCUT2D eigenvalue weighted by Gasteiger charge is -2.33. The van der Waals surface area contributed by atoms with Crippen LogP contribution in [0.4, 0.5) is 0 Å². The summed E-state index contributed by atoms with van der Waals surface area (Å²) >= 11 is 5.96. The number of rotatable bonds is 5. The van der Waals surface area contributed by atoms with Gasteiger partial charge in [-0.3, -0.25) is 9.59 Å². The zero-order chi connectivity index (χ0) is 18.4. The highest BCUT2D eigenvalue weighted by molar-refractivity contribution is 6.33. The molecular weight excluding hydrogens is 344 g/mol. The number of piperidine rings is 1. The van der Waals surface area contributed by atoms with E-state index >= 15 is 0 Å². The third kappa shape index (κ3) is 5.19. The molecule has 0 bridgehead atoms. The first-order valence-corrected chi connectivity index (χ1v) is 8.79. The first-order valence-electron chi connectivity index (χ1n) is 8.41. The molecule has 1 aliphatic rings. The summed E-state index contributed by atoms with van der Waals surface area (Å²) in [5, 5.41) is 2.83. The fourth-order valence-corrected chi connectivity index (χ4v) is 3.01. The lowest BCUT2D eigenvalue weighted by Crippen LogP contribution is -2.45. The number of carbonyl (C=O) groups excluding carboxylic acids is 3. The van der Waals surface area contributed by atoms with E-state index in [9.17, 15) is 14.4 Å². The van der Waals surface area contributed by atoms with Crippen LogP contribution in [0.2, 0.25) is 5.02 Å². The molecule has 1 fully saturated rings. The van der Waals surface area contributed by atoms with E-state index in [2.05, 4.69) is 5.32 Å². The largest absolute Gasteiger partial charge is 0.454 e. The Morgan fingerprint density at radius 1 is 1.32 bits per heavy atom. The molecule has 1 heterocycles. The SMILES string of the molecule is C[C@H](NC(=O)c1ccccc1Cl)C(=O)OCC(=O)N1CCCC[C@@H]1C. The number of esters is 1.